The molecule has 0 bridgehead atoms. The summed E-state index contributed by atoms with van der Waals surface area (Å²) in [5.41, 5.74) is 13.2. The van der Waals surface area contributed by atoms with Gasteiger partial charge in [0.1, 0.15) is 11.2 Å². The Hall–Kier alpha value is -7.10. The van der Waals surface area contributed by atoms with Gasteiger partial charge in [0.2, 0.25) is 0 Å². The summed E-state index contributed by atoms with van der Waals surface area (Å²) in [6, 6.07) is 68.0. The Morgan fingerprint density at radius 2 is 0.906 bits per heavy atom. The summed E-state index contributed by atoms with van der Waals surface area (Å²) in [6.07, 6.45) is 0. The molecule has 3 nitrogen and oxygen atoms in total. The molecule has 0 unspecified atom stereocenters. The van der Waals surface area contributed by atoms with Gasteiger partial charge >= 0.3 is 0 Å². The average molecular weight is 677 g/mol. The zero-order valence-corrected chi connectivity index (χ0v) is 28.8. The van der Waals surface area contributed by atoms with Gasteiger partial charge in [-0.15, -0.1) is 0 Å². The highest BCUT2D eigenvalue weighted by molar-refractivity contribution is 6.13. The van der Waals surface area contributed by atoms with E-state index in [2.05, 4.69) is 176 Å². The normalized spacial score (nSPS) is 11.4. The lowest BCUT2D eigenvalue weighted by Crippen LogP contribution is -1.97. The van der Waals surface area contributed by atoms with E-state index in [1.807, 2.05) is 18.2 Å². The van der Waals surface area contributed by atoms with Gasteiger partial charge in [-0.2, -0.15) is 0 Å². The number of furan rings is 1. The molecule has 248 valence electrons. The summed E-state index contributed by atoms with van der Waals surface area (Å²) in [6.45, 7) is 0. The molecule has 10 rings (SSSR count). The van der Waals surface area contributed by atoms with Crippen molar-refractivity contribution in [2.75, 3.05) is 0 Å². The molecule has 0 N–H and O–H groups in total. The number of aromatic nitrogens is 2. The van der Waals surface area contributed by atoms with Crippen LogP contribution in [0.5, 0.6) is 0 Å². The Labute approximate surface area is 307 Å². The molecule has 0 saturated carbocycles. The van der Waals surface area contributed by atoms with Crippen molar-refractivity contribution >= 4 is 32.7 Å². The number of rotatable bonds is 6. The van der Waals surface area contributed by atoms with Crippen LogP contribution < -0.4 is 0 Å². The summed E-state index contributed by atoms with van der Waals surface area (Å²) >= 11 is 0. The van der Waals surface area contributed by atoms with Crippen LogP contribution in [-0.2, 0) is 0 Å². The maximum Gasteiger partial charge on any atom is 0.160 e. The van der Waals surface area contributed by atoms with Gasteiger partial charge in [-0.3, -0.25) is 0 Å². The Morgan fingerprint density at radius 1 is 0.321 bits per heavy atom. The first kappa shape index (κ1) is 30.7. The van der Waals surface area contributed by atoms with Crippen LogP contribution in [-0.4, -0.2) is 9.97 Å². The fraction of sp³-hybridized carbons (Fsp3) is 0. The highest BCUT2D eigenvalue weighted by Crippen LogP contribution is 2.41. The van der Waals surface area contributed by atoms with Crippen molar-refractivity contribution in [3.05, 3.63) is 194 Å². The molecule has 0 spiro atoms. The zero-order valence-electron chi connectivity index (χ0n) is 28.8. The first-order valence-electron chi connectivity index (χ1n) is 17.9. The van der Waals surface area contributed by atoms with E-state index >= 15 is 0 Å². The van der Waals surface area contributed by atoms with Gasteiger partial charge in [0.15, 0.2) is 5.82 Å². The van der Waals surface area contributed by atoms with Gasteiger partial charge in [-0.1, -0.05) is 158 Å². The summed E-state index contributed by atoms with van der Waals surface area (Å²) in [5, 5.41) is 4.67. The molecule has 0 radical (unpaired) electrons. The first-order chi connectivity index (χ1) is 26.2. The van der Waals surface area contributed by atoms with Gasteiger partial charge in [0, 0.05) is 27.5 Å². The number of nitrogens with zero attached hydrogens (tertiary/aromatic N) is 2. The highest BCUT2D eigenvalue weighted by atomic mass is 16.3. The third kappa shape index (κ3) is 5.75. The Bertz CT molecular complexity index is 2930. The molecule has 2 heterocycles. The van der Waals surface area contributed by atoms with Gasteiger partial charge in [-0.25, -0.2) is 9.97 Å². The molecule has 53 heavy (non-hydrogen) atoms. The van der Waals surface area contributed by atoms with Crippen LogP contribution >= 0.6 is 0 Å². The summed E-state index contributed by atoms with van der Waals surface area (Å²) in [5.74, 6) is 0.667. The van der Waals surface area contributed by atoms with Crippen molar-refractivity contribution < 1.29 is 4.42 Å². The molecule has 10 aromatic rings. The van der Waals surface area contributed by atoms with E-state index in [4.69, 9.17) is 14.4 Å². The second kappa shape index (κ2) is 12.9. The van der Waals surface area contributed by atoms with E-state index in [1.165, 1.54) is 16.3 Å². The van der Waals surface area contributed by atoms with Crippen molar-refractivity contribution in [3.8, 4) is 67.3 Å². The van der Waals surface area contributed by atoms with Gasteiger partial charge in [-0.05, 0) is 80.6 Å². The summed E-state index contributed by atoms with van der Waals surface area (Å²) in [7, 11) is 0. The van der Waals surface area contributed by atoms with Gasteiger partial charge in [0.05, 0.1) is 11.4 Å². The van der Waals surface area contributed by atoms with Crippen molar-refractivity contribution in [1.82, 2.24) is 9.97 Å². The largest absolute Gasteiger partial charge is 0.456 e. The topological polar surface area (TPSA) is 38.9 Å². The lowest BCUT2D eigenvalue weighted by molar-refractivity contribution is 0.669. The van der Waals surface area contributed by atoms with Crippen molar-refractivity contribution in [2.24, 2.45) is 0 Å². The maximum absolute atomic E-state index is 6.51. The number of benzene rings is 8. The Kier molecular flexibility index (Phi) is 7.47. The zero-order chi connectivity index (χ0) is 35.1. The molecule has 8 aromatic carbocycles. The molecular formula is C50H32N2O. The predicted molar refractivity (Wildman–Crippen MR) is 219 cm³/mol. The standard InChI is InChI=1S/C50H32N2O/c1-3-12-33(13-4-1)39-18-11-19-41(29-39)50-51-45(37-25-22-35(23-26-37)40-27-24-34-14-7-8-17-38(34)28-40)32-46(52-50)42-30-44(36-15-5-2-6-16-36)49-43-20-9-10-21-47(43)53-48(49)31-42/h1-32H. The van der Waals surface area contributed by atoms with Crippen LogP contribution in [0.4, 0.5) is 0 Å². The summed E-state index contributed by atoms with van der Waals surface area (Å²) in [4.78, 5) is 10.5. The SMILES string of the molecule is c1ccc(-c2cccc(-c3nc(-c4ccc(-c5ccc6ccccc6c5)cc4)cc(-c4cc(-c5ccccc5)c5c(c4)oc4ccccc45)n3)c2)cc1. The molecule has 0 atom stereocenters. The van der Waals surface area contributed by atoms with E-state index in [9.17, 15) is 0 Å². The average Bonchev–Trinajstić information content (AvgIpc) is 3.62. The Morgan fingerprint density at radius 3 is 1.72 bits per heavy atom. The van der Waals surface area contributed by atoms with E-state index in [0.29, 0.717) is 5.82 Å². The lowest BCUT2D eigenvalue weighted by atomic mass is 9.95. The highest BCUT2D eigenvalue weighted by Gasteiger charge is 2.18. The number of hydrogen-bond donors (Lipinski definition) is 0. The molecule has 0 fully saturated rings. The number of para-hydroxylation sites is 1. The minimum atomic E-state index is 0.667. The second-order valence-electron chi connectivity index (χ2n) is 13.4. The molecule has 0 aliphatic heterocycles. The monoisotopic (exact) mass is 676 g/mol. The number of fused-ring (bicyclic) bond motifs is 4. The quantitative estimate of drug-likeness (QED) is 0.176. The van der Waals surface area contributed by atoms with Crippen molar-refractivity contribution in [2.45, 2.75) is 0 Å². The third-order valence-corrected chi connectivity index (χ3v) is 10.1. The molecule has 0 saturated heterocycles. The van der Waals surface area contributed by atoms with Crippen molar-refractivity contribution in [3.63, 3.8) is 0 Å². The molecular weight excluding hydrogens is 645 g/mol. The van der Waals surface area contributed by atoms with E-state index < -0.39 is 0 Å². The molecule has 0 amide bonds. The molecule has 0 aliphatic carbocycles. The predicted octanol–water partition coefficient (Wildman–Crippen LogP) is 13.5. The van der Waals surface area contributed by atoms with Crippen LogP contribution in [0.15, 0.2) is 199 Å². The number of hydrogen-bond acceptors (Lipinski definition) is 3. The minimum absolute atomic E-state index is 0.667. The minimum Gasteiger partial charge on any atom is -0.456 e. The molecule has 0 aliphatic rings. The lowest BCUT2D eigenvalue weighted by Gasteiger charge is -2.13. The molecule has 3 heteroatoms. The van der Waals surface area contributed by atoms with E-state index in [0.717, 1.165) is 77.8 Å². The van der Waals surface area contributed by atoms with E-state index in [-0.39, 0.29) is 0 Å². The van der Waals surface area contributed by atoms with Crippen LogP contribution in [0.1, 0.15) is 0 Å². The van der Waals surface area contributed by atoms with Crippen LogP contribution in [0.25, 0.3) is 100.0 Å². The maximum atomic E-state index is 6.51. The van der Waals surface area contributed by atoms with Crippen molar-refractivity contribution in [1.29, 1.82) is 0 Å². The molecule has 2 aromatic heterocycles. The Balaban J connectivity index is 1.15. The van der Waals surface area contributed by atoms with Gasteiger partial charge in [0.25, 0.3) is 0 Å². The van der Waals surface area contributed by atoms with E-state index in [1.54, 1.807) is 0 Å². The van der Waals surface area contributed by atoms with Gasteiger partial charge < -0.3 is 4.42 Å². The second-order valence-corrected chi connectivity index (χ2v) is 13.4. The smallest absolute Gasteiger partial charge is 0.160 e. The van der Waals surface area contributed by atoms with Crippen LogP contribution in [0.3, 0.4) is 0 Å². The van der Waals surface area contributed by atoms with Crippen LogP contribution in [0, 0.1) is 0 Å². The van der Waals surface area contributed by atoms with Crippen LogP contribution in [0.2, 0.25) is 0 Å². The third-order valence-electron chi connectivity index (χ3n) is 10.1. The summed E-state index contributed by atoms with van der Waals surface area (Å²) < 4.78 is 6.51. The first-order valence-corrected chi connectivity index (χ1v) is 17.9. The fourth-order valence-corrected chi connectivity index (χ4v) is 7.39. The fourth-order valence-electron chi connectivity index (χ4n) is 7.39.